The van der Waals surface area contributed by atoms with E-state index in [2.05, 4.69) is 36.2 Å². The number of anilines is 1. The summed E-state index contributed by atoms with van der Waals surface area (Å²) < 4.78 is 0.974. The Hall–Kier alpha value is -3.24. The first kappa shape index (κ1) is 20.0. The van der Waals surface area contributed by atoms with Crippen molar-refractivity contribution in [1.29, 1.82) is 0 Å². The van der Waals surface area contributed by atoms with Crippen LogP contribution in [0.4, 0.5) is 10.8 Å². The molecule has 4 rings (SSSR count). The molecule has 1 aliphatic rings. The highest BCUT2D eigenvalue weighted by molar-refractivity contribution is 9.10. The SMILES string of the molecule is CC1=NN(c2nc(-c3ccc(Br)cc3)cs2)C(=O)[C@H]1N=Nc1ccc(C(=O)O)cc1. The Kier molecular flexibility index (Phi) is 5.51. The van der Waals surface area contributed by atoms with Gasteiger partial charge in [0.05, 0.1) is 22.7 Å². The average Bonchev–Trinajstić information content (AvgIpc) is 3.32. The van der Waals surface area contributed by atoms with Crippen LogP contribution in [-0.4, -0.2) is 33.7 Å². The monoisotopic (exact) mass is 483 g/mol. The number of carboxylic acids is 1. The van der Waals surface area contributed by atoms with Crippen LogP contribution in [0.2, 0.25) is 0 Å². The fraction of sp³-hybridized carbons (Fsp3) is 0.100. The zero-order valence-corrected chi connectivity index (χ0v) is 18.0. The first-order chi connectivity index (χ1) is 14.4. The highest BCUT2D eigenvalue weighted by Gasteiger charge is 2.36. The molecule has 1 N–H and O–H groups in total. The number of aromatic carboxylic acids is 1. The molecule has 3 aromatic rings. The minimum Gasteiger partial charge on any atom is -0.478 e. The highest BCUT2D eigenvalue weighted by atomic mass is 79.9. The minimum atomic E-state index is -1.02. The van der Waals surface area contributed by atoms with Crippen molar-refractivity contribution in [2.75, 3.05) is 5.01 Å². The third kappa shape index (κ3) is 4.05. The van der Waals surface area contributed by atoms with E-state index in [1.807, 2.05) is 29.6 Å². The van der Waals surface area contributed by atoms with Crippen molar-refractivity contribution in [3.05, 3.63) is 63.9 Å². The number of azo groups is 1. The van der Waals surface area contributed by atoms with Crippen LogP contribution < -0.4 is 5.01 Å². The summed E-state index contributed by atoms with van der Waals surface area (Å²) in [5, 5.41) is 25.0. The molecule has 0 radical (unpaired) electrons. The number of hydrogen-bond donors (Lipinski definition) is 1. The first-order valence-corrected chi connectivity index (χ1v) is 10.4. The molecule has 2 aromatic carbocycles. The molecule has 0 saturated carbocycles. The number of aromatic nitrogens is 1. The van der Waals surface area contributed by atoms with Crippen LogP contribution in [0, 0.1) is 0 Å². The maximum Gasteiger partial charge on any atom is 0.335 e. The van der Waals surface area contributed by atoms with Crippen LogP contribution >= 0.6 is 27.3 Å². The van der Waals surface area contributed by atoms with Gasteiger partial charge in [-0.15, -0.1) is 11.3 Å². The van der Waals surface area contributed by atoms with Crippen LogP contribution in [0.1, 0.15) is 17.3 Å². The van der Waals surface area contributed by atoms with Crippen molar-refractivity contribution in [2.24, 2.45) is 15.3 Å². The quantitative estimate of drug-likeness (QED) is 0.506. The van der Waals surface area contributed by atoms with E-state index in [9.17, 15) is 9.59 Å². The van der Waals surface area contributed by atoms with Gasteiger partial charge in [0.2, 0.25) is 5.13 Å². The Morgan fingerprint density at radius 1 is 1.17 bits per heavy atom. The third-order valence-corrected chi connectivity index (χ3v) is 5.66. The van der Waals surface area contributed by atoms with Gasteiger partial charge in [-0.2, -0.15) is 20.3 Å². The zero-order valence-electron chi connectivity index (χ0n) is 15.6. The summed E-state index contributed by atoms with van der Waals surface area (Å²) in [6.45, 7) is 1.71. The highest BCUT2D eigenvalue weighted by Crippen LogP contribution is 2.31. The van der Waals surface area contributed by atoms with E-state index in [4.69, 9.17) is 5.11 Å². The van der Waals surface area contributed by atoms with E-state index in [0.29, 0.717) is 16.5 Å². The summed E-state index contributed by atoms with van der Waals surface area (Å²) in [6.07, 6.45) is 0. The molecular formula is C20H14BrN5O3S. The van der Waals surface area contributed by atoms with Gasteiger partial charge < -0.3 is 5.11 Å². The maximum absolute atomic E-state index is 12.8. The number of thiazole rings is 1. The lowest BCUT2D eigenvalue weighted by atomic mass is 10.2. The fourth-order valence-corrected chi connectivity index (χ4v) is 3.79. The summed E-state index contributed by atoms with van der Waals surface area (Å²) in [4.78, 5) is 28.3. The molecule has 8 nitrogen and oxygen atoms in total. The molecule has 0 bridgehead atoms. The van der Waals surface area contributed by atoms with E-state index in [1.54, 1.807) is 6.92 Å². The Morgan fingerprint density at radius 3 is 2.53 bits per heavy atom. The second-order valence-electron chi connectivity index (χ2n) is 6.38. The van der Waals surface area contributed by atoms with Gasteiger partial charge >= 0.3 is 5.97 Å². The van der Waals surface area contributed by atoms with Gasteiger partial charge in [-0.1, -0.05) is 28.1 Å². The Balaban J connectivity index is 1.51. The van der Waals surface area contributed by atoms with Crippen LogP contribution in [0.5, 0.6) is 0 Å². The average molecular weight is 484 g/mol. The van der Waals surface area contributed by atoms with Gasteiger partial charge in [0.25, 0.3) is 5.91 Å². The molecule has 2 heterocycles. The van der Waals surface area contributed by atoms with E-state index in [0.717, 1.165) is 15.7 Å². The number of rotatable bonds is 5. The van der Waals surface area contributed by atoms with Gasteiger partial charge in [0.15, 0.2) is 6.04 Å². The van der Waals surface area contributed by atoms with Crippen molar-refractivity contribution in [3.8, 4) is 11.3 Å². The van der Waals surface area contributed by atoms with Crippen molar-refractivity contribution in [2.45, 2.75) is 13.0 Å². The normalized spacial score (nSPS) is 16.3. The largest absolute Gasteiger partial charge is 0.478 e. The lowest BCUT2D eigenvalue weighted by Crippen LogP contribution is -2.29. The zero-order chi connectivity index (χ0) is 21.3. The molecule has 0 aliphatic carbocycles. The lowest BCUT2D eigenvalue weighted by molar-refractivity contribution is -0.117. The Morgan fingerprint density at radius 2 is 1.87 bits per heavy atom. The van der Waals surface area contributed by atoms with Gasteiger partial charge in [-0.3, -0.25) is 4.79 Å². The van der Waals surface area contributed by atoms with Crippen LogP contribution in [0.15, 0.2) is 73.7 Å². The van der Waals surface area contributed by atoms with Gasteiger partial charge in [-0.25, -0.2) is 9.78 Å². The molecule has 1 aromatic heterocycles. The minimum absolute atomic E-state index is 0.153. The van der Waals surface area contributed by atoms with E-state index >= 15 is 0 Å². The van der Waals surface area contributed by atoms with E-state index in [1.165, 1.54) is 40.6 Å². The number of amides is 1. The molecule has 0 unspecified atom stereocenters. The number of benzene rings is 2. The van der Waals surface area contributed by atoms with Crippen molar-refractivity contribution < 1.29 is 14.7 Å². The summed E-state index contributed by atoms with van der Waals surface area (Å²) in [6, 6.07) is 12.8. The lowest BCUT2D eigenvalue weighted by Gasteiger charge is -2.08. The first-order valence-electron chi connectivity index (χ1n) is 8.77. The van der Waals surface area contributed by atoms with Gasteiger partial charge in [0.1, 0.15) is 0 Å². The van der Waals surface area contributed by atoms with Gasteiger partial charge in [0, 0.05) is 15.4 Å². The number of carbonyl (C=O) groups is 2. The summed E-state index contributed by atoms with van der Waals surface area (Å²) in [7, 11) is 0. The summed E-state index contributed by atoms with van der Waals surface area (Å²) >= 11 is 4.73. The van der Waals surface area contributed by atoms with E-state index in [-0.39, 0.29) is 11.5 Å². The van der Waals surface area contributed by atoms with Crippen LogP contribution in [0.3, 0.4) is 0 Å². The summed E-state index contributed by atoms with van der Waals surface area (Å²) in [5.74, 6) is -1.36. The number of hydrazone groups is 1. The summed E-state index contributed by atoms with van der Waals surface area (Å²) in [5.41, 5.74) is 2.80. The smallest absolute Gasteiger partial charge is 0.335 e. The number of nitrogens with zero attached hydrogens (tertiary/aromatic N) is 5. The molecule has 10 heteroatoms. The Bertz CT molecular complexity index is 1170. The topological polar surface area (TPSA) is 108 Å². The molecule has 30 heavy (non-hydrogen) atoms. The molecule has 1 atom stereocenters. The number of hydrogen-bond acceptors (Lipinski definition) is 7. The van der Waals surface area contributed by atoms with Gasteiger partial charge in [-0.05, 0) is 43.3 Å². The molecule has 0 saturated heterocycles. The predicted molar refractivity (Wildman–Crippen MR) is 118 cm³/mol. The second-order valence-corrected chi connectivity index (χ2v) is 8.14. The molecule has 0 fully saturated rings. The molecule has 150 valence electrons. The predicted octanol–water partition coefficient (Wildman–Crippen LogP) is 5.15. The molecular weight excluding hydrogens is 470 g/mol. The second kappa shape index (κ2) is 8.25. The maximum atomic E-state index is 12.8. The number of carboxylic acid groups (broad SMARTS) is 1. The van der Waals surface area contributed by atoms with Crippen LogP contribution in [0.25, 0.3) is 11.3 Å². The van der Waals surface area contributed by atoms with Crippen molar-refractivity contribution >= 4 is 55.7 Å². The molecule has 1 aliphatic heterocycles. The Labute approximate surface area is 183 Å². The third-order valence-electron chi connectivity index (χ3n) is 4.31. The molecule has 1 amide bonds. The van der Waals surface area contributed by atoms with Crippen molar-refractivity contribution in [3.63, 3.8) is 0 Å². The molecule has 0 spiro atoms. The number of carbonyl (C=O) groups excluding carboxylic acids is 1. The standard InChI is InChI=1S/C20H14BrN5O3S/c1-11-17(24-23-15-8-4-13(5-9-15)19(28)29)18(27)26(25-11)20-22-16(10-30-20)12-2-6-14(21)7-3-12/h2-10,17H,1H3,(H,28,29)/t17-/m0/s1. The van der Waals surface area contributed by atoms with E-state index < -0.39 is 12.0 Å². The number of halogens is 1. The van der Waals surface area contributed by atoms with Crippen LogP contribution in [-0.2, 0) is 4.79 Å². The fourth-order valence-electron chi connectivity index (χ4n) is 2.74. The van der Waals surface area contributed by atoms with Crippen molar-refractivity contribution in [1.82, 2.24) is 4.98 Å².